The molecule has 26 heavy (non-hydrogen) atoms. The summed E-state index contributed by atoms with van der Waals surface area (Å²) < 4.78 is 0. The number of rotatable bonds is 2. The lowest BCUT2D eigenvalue weighted by Crippen LogP contribution is -2.48. The Morgan fingerprint density at radius 3 is 2.62 bits per heavy atom. The van der Waals surface area contributed by atoms with E-state index in [1.54, 1.807) is 12.3 Å². The number of halogens is 2. The van der Waals surface area contributed by atoms with Crippen molar-refractivity contribution < 1.29 is 0 Å². The number of pyridine rings is 1. The molecule has 1 aliphatic rings. The van der Waals surface area contributed by atoms with Gasteiger partial charge in [0.2, 0.25) is 0 Å². The minimum absolute atomic E-state index is 0.0898. The Balaban J connectivity index is 1.66. The van der Waals surface area contributed by atoms with Gasteiger partial charge in [0, 0.05) is 24.2 Å². The highest BCUT2D eigenvalue weighted by molar-refractivity contribution is 6.43. The molecule has 0 amide bonds. The van der Waals surface area contributed by atoms with Crippen molar-refractivity contribution >= 4 is 40.2 Å². The van der Waals surface area contributed by atoms with Gasteiger partial charge in [-0.1, -0.05) is 35.3 Å². The molecule has 1 saturated heterocycles. The van der Waals surface area contributed by atoms with Crippen LogP contribution in [0.2, 0.25) is 10.0 Å². The molecular weight excluding hydrogens is 369 g/mol. The zero-order chi connectivity index (χ0) is 18.3. The lowest BCUT2D eigenvalue weighted by molar-refractivity contribution is 0.363. The minimum Gasteiger partial charge on any atom is -0.355 e. The molecule has 1 aromatic carbocycles. The molecule has 1 aliphatic heterocycles. The van der Waals surface area contributed by atoms with Crippen molar-refractivity contribution in [3.8, 4) is 11.3 Å². The molecule has 0 saturated carbocycles. The Kier molecular flexibility index (Phi) is 4.47. The van der Waals surface area contributed by atoms with E-state index in [9.17, 15) is 0 Å². The summed E-state index contributed by atoms with van der Waals surface area (Å²) in [6, 6.07) is 9.31. The highest BCUT2D eigenvalue weighted by Gasteiger charge is 2.26. The Hall–Kier alpha value is -1.95. The fourth-order valence-corrected chi connectivity index (χ4v) is 3.54. The number of hydrogen-bond donors (Lipinski definition) is 1. The van der Waals surface area contributed by atoms with E-state index in [2.05, 4.69) is 21.8 Å². The third-order valence-corrected chi connectivity index (χ3v) is 5.67. The number of fused-ring (bicyclic) bond motifs is 1. The van der Waals surface area contributed by atoms with Crippen LogP contribution in [0.15, 0.2) is 36.5 Å². The average molecular weight is 388 g/mol. The molecule has 134 valence electrons. The van der Waals surface area contributed by atoms with Crippen molar-refractivity contribution in [2.45, 2.75) is 25.3 Å². The molecular formula is C19H19Cl2N5. The second kappa shape index (κ2) is 6.65. The number of hydrogen-bond acceptors (Lipinski definition) is 5. The van der Waals surface area contributed by atoms with E-state index >= 15 is 0 Å². The van der Waals surface area contributed by atoms with Crippen LogP contribution in [0.3, 0.4) is 0 Å². The van der Waals surface area contributed by atoms with Crippen LogP contribution in [0.1, 0.15) is 19.8 Å². The first-order valence-corrected chi connectivity index (χ1v) is 9.31. The van der Waals surface area contributed by atoms with E-state index < -0.39 is 0 Å². The van der Waals surface area contributed by atoms with E-state index in [1.807, 2.05) is 24.3 Å². The Morgan fingerprint density at radius 2 is 1.85 bits per heavy atom. The number of nitrogens with zero attached hydrogens (tertiary/aromatic N) is 4. The molecule has 0 radical (unpaired) electrons. The van der Waals surface area contributed by atoms with E-state index in [0.29, 0.717) is 15.7 Å². The average Bonchev–Trinajstić information content (AvgIpc) is 2.63. The fourth-order valence-electron chi connectivity index (χ4n) is 3.15. The largest absolute Gasteiger partial charge is 0.355 e. The van der Waals surface area contributed by atoms with Crippen LogP contribution in [0.25, 0.3) is 22.4 Å². The predicted molar refractivity (Wildman–Crippen MR) is 107 cm³/mol. The van der Waals surface area contributed by atoms with Crippen LogP contribution in [0.4, 0.5) is 5.82 Å². The molecule has 0 spiro atoms. The maximum atomic E-state index is 6.30. The summed E-state index contributed by atoms with van der Waals surface area (Å²) in [6.45, 7) is 3.87. The van der Waals surface area contributed by atoms with Gasteiger partial charge >= 0.3 is 0 Å². The van der Waals surface area contributed by atoms with Gasteiger partial charge in [-0.15, -0.1) is 0 Å². The summed E-state index contributed by atoms with van der Waals surface area (Å²) >= 11 is 12.4. The summed E-state index contributed by atoms with van der Waals surface area (Å²) in [5, 5.41) is 0.994. The minimum atomic E-state index is -0.0898. The standard InChI is InChI=1S/C19H19Cl2N5/c1-19(22)7-9-26(10-8-19)16-11-23-18-15(24-16)6-5-14(25-18)12-3-2-4-13(20)17(12)21/h2-6,11H,7-10,22H2,1H3. The van der Waals surface area contributed by atoms with Crippen LogP contribution < -0.4 is 10.6 Å². The summed E-state index contributed by atoms with van der Waals surface area (Å²) in [5.41, 5.74) is 8.97. The molecule has 5 nitrogen and oxygen atoms in total. The second-order valence-corrected chi connectivity index (χ2v) is 7.80. The molecule has 0 bridgehead atoms. The molecule has 3 heterocycles. The van der Waals surface area contributed by atoms with Crippen molar-refractivity contribution in [3.63, 3.8) is 0 Å². The van der Waals surface area contributed by atoms with Crippen molar-refractivity contribution in [1.82, 2.24) is 15.0 Å². The van der Waals surface area contributed by atoms with Gasteiger partial charge in [-0.25, -0.2) is 15.0 Å². The maximum Gasteiger partial charge on any atom is 0.178 e. The first kappa shape index (κ1) is 17.5. The van der Waals surface area contributed by atoms with Crippen molar-refractivity contribution in [1.29, 1.82) is 0 Å². The number of aromatic nitrogens is 3. The molecule has 1 fully saturated rings. The van der Waals surface area contributed by atoms with Gasteiger partial charge in [0.25, 0.3) is 0 Å². The van der Waals surface area contributed by atoms with Gasteiger partial charge in [-0.05, 0) is 38.0 Å². The van der Waals surface area contributed by atoms with Crippen LogP contribution in [0.5, 0.6) is 0 Å². The second-order valence-electron chi connectivity index (χ2n) is 7.01. The third-order valence-electron chi connectivity index (χ3n) is 4.85. The molecule has 7 heteroatoms. The van der Waals surface area contributed by atoms with Gasteiger partial charge in [0.15, 0.2) is 5.65 Å². The smallest absolute Gasteiger partial charge is 0.178 e. The molecule has 3 aromatic rings. The molecule has 0 atom stereocenters. The van der Waals surface area contributed by atoms with Gasteiger partial charge in [-0.3, -0.25) is 0 Å². The zero-order valence-electron chi connectivity index (χ0n) is 14.4. The Morgan fingerprint density at radius 1 is 1.08 bits per heavy atom. The zero-order valence-corrected chi connectivity index (χ0v) is 15.9. The Labute approximate surface area is 162 Å². The van der Waals surface area contributed by atoms with Crippen molar-refractivity contribution in [2.24, 2.45) is 5.73 Å². The monoisotopic (exact) mass is 387 g/mol. The van der Waals surface area contributed by atoms with Gasteiger partial charge < -0.3 is 10.6 Å². The number of piperidine rings is 1. The topological polar surface area (TPSA) is 67.9 Å². The summed E-state index contributed by atoms with van der Waals surface area (Å²) in [5.74, 6) is 0.864. The van der Waals surface area contributed by atoms with Crippen molar-refractivity contribution in [3.05, 3.63) is 46.6 Å². The first-order chi connectivity index (χ1) is 12.4. The molecule has 4 rings (SSSR count). The van der Waals surface area contributed by atoms with Crippen molar-refractivity contribution in [2.75, 3.05) is 18.0 Å². The summed E-state index contributed by atoms with van der Waals surface area (Å²) in [4.78, 5) is 16.1. The normalized spacial score (nSPS) is 16.8. The first-order valence-electron chi connectivity index (χ1n) is 8.55. The van der Waals surface area contributed by atoms with Gasteiger partial charge in [-0.2, -0.15) is 0 Å². The van der Waals surface area contributed by atoms with Gasteiger partial charge in [0.1, 0.15) is 11.3 Å². The predicted octanol–water partition coefficient (Wildman–Crippen LogP) is 4.32. The lowest BCUT2D eigenvalue weighted by atomic mass is 9.91. The van der Waals surface area contributed by atoms with Crippen LogP contribution in [0, 0.1) is 0 Å². The number of nitrogens with two attached hydrogens (primary N) is 1. The maximum absolute atomic E-state index is 6.30. The van der Waals surface area contributed by atoms with Crippen LogP contribution in [-0.4, -0.2) is 33.6 Å². The third kappa shape index (κ3) is 3.34. The van der Waals surface area contributed by atoms with E-state index in [1.165, 1.54) is 0 Å². The fraction of sp³-hybridized carbons (Fsp3) is 0.316. The van der Waals surface area contributed by atoms with E-state index in [-0.39, 0.29) is 5.54 Å². The summed E-state index contributed by atoms with van der Waals surface area (Å²) in [7, 11) is 0. The van der Waals surface area contributed by atoms with E-state index in [0.717, 1.165) is 48.5 Å². The molecule has 0 unspecified atom stereocenters. The SMILES string of the molecule is CC1(N)CCN(c2cnc3nc(-c4cccc(Cl)c4Cl)ccc3n2)CC1. The quantitative estimate of drug-likeness (QED) is 0.708. The van der Waals surface area contributed by atoms with E-state index in [4.69, 9.17) is 33.9 Å². The molecule has 2 N–H and O–H groups in total. The molecule has 2 aromatic heterocycles. The highest BCUT2D eigenvalue weighted by atomic mass is 35.5. The van der Waals surface area contributed by atoms with Crippen LogP contribution in [-0.2, 0) is 0 Å². The Bertz CT molecular complexity index is 963. The number of anilines is 1. The number of benzene rings is 1. The van der Waals surface area contributed by atoms with Crippen LogP contribution >= 0.6 is 23.2 Å². The molecule has 0 aliphatic carbocycles. The highest BCUT2D eigenvalue weighted by Crippen LogP contribution is 2.33. The lowest BCUT2D eigenvalue weighted by Gasteiger charge is -2.37. The summed E-state index contributed by atoms with van der Waals surface area (Å²) in [6.07, 6.45) is 3.66. The van der Waals surface area contributed by atoms with Gasteiger partial charge in [0.05, 0.1) is 21.9 Å².